The molecule has 2 atom stereocenters. The topological polar surface area (TPSA) is 30.5 Å². The summed E-state index contributed by atoms with van der Waals surface area (Å²) in [5.41, 5.74) is 1.27. The van der Waals surface area contributed by atoms with Crippen LogP contribution in [-0.2, 0) is 4.74 Å². The molecular formula is C18H29NO2. The summed E-state index contributed by atoms with van der Waals surface area (Å²) in [4.78, 5) is 0. The molecule has 1 saturated heterocycles. The highest BCUT2D eigenvalue weighted by molar-refractivity contribution is 5.36. The number of benzene rings is 1. The van der Waals surface area contributed by atoms with Gasteiger partial charge in [-0.2, -0.15) is 0 Å². The minimum absolute atomic E-state index is 0.260. The molecule has 21 heavy (non-hydrogen) atoms. The van der Waals surface area contributed by atoms with E-state index in [-0.39, 0.29) is 6.10 Å². The lowest BCUT2D eigenvalue weighted by molar-refractivity contribution is -0.0113. The van der Waals surface area contributed by atoms with Crippen LogP contribution in [0.15, 0.2) is 24.3 Å². The number of hydrogen-bond acceptors (Lipinski definition) is 3. The Hall–Kier alpha value is -1.06. The predicted molar refractivity (Wildman–Crippen MR) is 86.9 cm³/mol. The number of para-hydroxylation sites is 1. The van der Waals surface area contributed by atoms with Gasteiger partial charge in [0.1, 0.15) is 12.4 Å². The highest BCUT2D eigenvalue weighted by atomic mass is 16.5. The third-order valence-corrected chi connectivity index (χ3v) is 4.04. The molecule has 1 heterocycles. The van der Waals surface area contributed by atoms with Gasteiger partial charge in [-0.05, 0) is 44.7 Å². The summed E-state index contributed by atoms with van der Waals surface area (Å²) in [5.74, 6) is 1.00. The van der Waals surface area contributed by atoms with Crippen molar-refractivity contribution in [2.75, 3.05) is 19.8 Å². The first kappa shape index (κ1) is 16.3. The van der Waals surface area contributed by atoms with Crippen LogP contribution in [0.1, 0.15) is 57.6 Å². The van der Waals surface area contributed by atoms with E-state index in [1.54, 1.807) is 0 Å². The Bertz CT molecular complexity index is 402. The van der Waals surface area contributed by atoms with Crippen LogP contribution < -0.4 is 10.1 Å². The number of nitrogens with one attached hydrogen (secondary N) is 1. The Balaban J connectivity index is 1.97. The Morgan fingerprint density at radius 2 is 2.14 bits per heavy atom. The number of hydrogen-bond donors (Lipinski definition) is 1. The molecule has 0 saturated carbocycles. The standard InChI is InChI=1S/C18H29NO2/c1-3-12-19-17(4-2)16-10-5-6-11-18(16)21-14-15-9-7-8-13-20-15/h5-6,10-11,15,17,19H,3-4,7-9,12-14H2,1-2H3. The maximum atomic E-state index is 6.07. The van der Waals surface area contributed by atoms with Gasteiger partial charge in [0.15, 0.2) is 0 Å². The van der Waals surface area contributed by atoms with Crippen molar-refractivity contribution in [3.8, 4) is 5.75 Å². The number of rotatable bonds is 8. The van der Waals surface area contributed by atoms with E-state index < -0.39 is 0 Å². The van der Waals surface area contributed by atoms with Crippen molar-refractivity contribution in [1.29, 1.82) is 0 Å². The first-order valence-corrected chi connectivity index (χ1v) is 8.41. The van der Waals surface area contributed by atoms with Crippen LogP contribution in [0, 0.1) is 0 Å². The second kappa shape index (κ2) is 9.06. The second-order valence-corrected chi connectivity index (χ2v) is 5.75. The average molecular weight is 291 g/mol. The van der Waals surface area contributed by atoms with Crippen molar-refractivity contribution >= 4 is 0 Å². The zero-order valence-corrected chi connectivity index (χ0v) is 13.4. The highest BCUT2D eigenvalue weighted by Gasteiger charge is 2.17. The number of ether oxygens (including phenoxy) is 2. The molecule has 3 heteroatoms. The molecule has 1 aromatic rings. The second-order valence-electron chi connectivity index (χ2n) is 5.75. The van der Waals surface area contributed by atoms with E-state index in [1.807, 2.05) is 6.07 Å². The van der Waals surface area contributed by atoms with Crippen molar-refractivity contribution in [3.63, 3.8) is 0 Å². The summed E-state index contributed by atoms with van der Waals surface area (Å²) in [5, 5.41) is 3.60. The fourth-order valence-corrected chi connectivity index (χ4v) is 2.81. The van der Waals surface area contributed by atoms with Gasteiger partial charge in [-0.15, -0.1) is 0 Å². The molecule has 0 bridgehead atoms. The lowest BCUT2D eigenvalue weighted by Gasteiger charge is -2.25. The minimum Gasteiger partial charge on any atom is -0.491 e. The van der Waals surface area contributed by atoms with E-state index in [0.29, 0.717) is 12.6 Å². The molecule has 0 aromatic heterocycles. The Morgan fingerprint density at radius 1 is 1.29 bits per heavy atom. The Labute approximate surface area is 129 Å². The summed E-state index contributed by atoms with van der Waals surface area (Å²) in [6, 6.07) is 8.76. The van der Waals surface area contributed by atoms with Crippen molar-refractivity contribution in [1.82, 2.24) is 5.32 Å². The summed E-state index contributed by atoms with van der Waals surface area (Å²) < 4.78 is 11.8. The first-order chi connectivity index (χ1) is 10.3. The zero-order chi connectivity index (χ0) is 14.9. The van der Waals surface area contributed by atoms with Gasteiger partial charge in [-0.1, -0.05) is 32.0 Å². The van der Waals surface area contributed by atoms with Gasteiger partial charge in [-0.25, -0.2) is 0 Å². The quantitative estimate of drug-likeness (QED) is 0.782. The van der Waals surface area contributed by atoms with E-state index >= 15 is 0 Å². The van der Waals surface area contributed by atoms with E-state index in [9.17, 15) is 0 Å². The Kier molecular flexibility index (Phi) is 7.04. The van der Waals surface area contributed by atoms with Crippen LogP contribution in [0.3, 0.4) is 0 Å². The van der Waals surface area contributed by atoms with Gasteiger partial charge in [0.25, 0.3) is 0 Å². The van der Waals surface area contributed by atoms with Crippen LogP contribution in [0.4, 0.5) is 0 Å². The van der Waals surface area contributed by atoms with Crippen LogP contribution >= 0.6 is 0 Å². The van der Waals surface area contributed by atoms with Crippen molar-refractivity contribution in [3.05, 3.63) is 29.8 Å². The van der Waals surface area contributed by atoms with E-state index in [0.717, 1.165) is 38.2 Å². The third kappa shape index (κ3) is 5.01. The summed E-state index contributed by atoms with van der Waals surface area (Å²) >= 11 is 0. The molecular weight excluding hydrogens is 262 g/mol. The molecule has 0 aliphatic carbocycles. The highest BCUT2D eigenvalue weighted by Crippen LogP contribution is 2.27. The molecule has 1 aliphatic rings. The van der Waals surface area contributed by atoms with Crippen LogP contribution in [0.25, 0.3) is 0 Å². The SMILES string of the molecule is CCCNC(CC)c1ccccc1OCC1CCCCO1. The smallest absolute Gasteiger partial charge is 0.124 e. The molecule has 118 valence electrons. The van der Waals surface area contributed by atoms with Gasteiger partial charge in [-0.3, -0.25) is 0 Å². The van der Waals surface area contributed by atoms with Gasteiger partial charge < -0.3 is 14.8 Å². The van der Waals surface area contributed by atoms with Crippen LogP contribution in [-0.4, -0.2) is 25.9 Å². The van der Waals surface area contributed by atoms with Gasteiger partial charge in [0.05, 0.1) is 6.10 Å². The molecule has 1 fully saturated rings. The first-order valence-electron chi connectivity index (χ1n) is 8.41. The van der Waals surface area contributed by atoms with Crippen molar-refractivity contribution in [2.45, 2.75) is 58.1 Å². The van der Waals surface area contributed by atoms with Crippen molar-refractivity contribution < 1.29 is 9.47 Å². The molecule has 0 spiro atoms. The Morgan fingerprint density at radius 3 is 2.86 bits per heavy atom. The van der Waals surface area contributed by atoms with Crippen LogP contribution in [0.5, 0.6) is 5.75 Å². The van der Waals surface area contributed by atoms with E-state index in [1.165, 1.54) is 18.4 Å². The monoisotopic (exact) mass is 291 g/mol. The van der Waals surface area contributed by atoms with Gasteiger partial charge in [0.2, 0.25) is 0 Å². The minimum atomic E-state index is 0.260. The largest absolute Gasteiger partial charge is 0.491 e. The lowest BCUT2D eigenvalue weighted by atomic mass is 10.0. The van der Waals surface area contributed by atoms with Crippen LogP contribution in [0.2, 0.25) is 0 Å². The predicted octanol–water partition coefficient (Wildman–Crippen LogP) is 4.09. The summed E-state index contributed by atoms with van der Waals surface area (Å²) in [7, 11) is 0. The molecule has 2 rings (SSSR count). The fourth-order valence-electron chi connectivity index (χ4n) is 2.81. The summed E-state index contributed by atoms with van der Waals surface area (Å²) in [6.45, 7) is 7.00. The molecule has 2 unspecified atom stereocenters. The molecule has 1 N–H and O–H groups in total. The van der Waals surface area contributed by atoms with Crippen molar-refractivity contribution in [2.24, 2.45) is 0 Å². The lowest BCUT2D eigenvalue weighted by Crippen LogP contribution is -2.27. The average Bonchev–Trinajstić information content (AvgIpc) is 2.55. The molecule has 3 nitrogen and oxygen atoms in total. The molecule has 1 aromatic carbocycles. The molecule has 0 radical (unpaired) electrons. The van der Waals surface area contributed by atoms with E-state index in [4.69, 9.17) is 9.47 Å². The third-order valence-electron chi connectivity index (χ3n) is 4.04. The normalized spacial score (nSPS) is 20.2. The van der Waals surface area contributed by atoms with Gasteiger partial charge in [0, 0.05) is 18.2 Å². The van der Waals surface area contributed by atoms with E-state index in [2.05, 4.69) is 37.4 Å². The molecule has 1 aliphatic heterocycles. The fraction of sp³-hybridized carbons (Fsp3) is 0.667. The zero-order valence-electron chi connectivity index (χ0n) is 13.4. The maximum Gasteiger partial charge on any atom is 0.124 e. The maximum absolute atomic E-state index is 6.07. The van der Waals surface area contributed by atoms with Gasteiger partial charge >= 0.3 is 0 Å². The molecule has 0 amide bonds. The summed E-state index contributed by atoms with van der Waals surface area (Å²) in [6.07, 6.45) is 6.04.